The predicted octanol–water partition coefficient (Wildman–Crippen LogP) is 2.94. The maximum Gasteiger partial charge on any atom is 0.229 e. The molecular formula is C18H23N5O. The van der Waals surface area contributed by atoms with Gasteiger partial charge in [-0.15, -0.1) is 0 Å². The molecule has 0 amide bonds. The van der Waals surface area contributed by atoms with E-state index in [1.807, 2.05) is 19.1 Å². The van der Waals surface area contributed by atoms with Crippen LogP contribution in [0.4, 0.5) is 23.1 Å². The van der Waals surface area contributed by atoms with E-state index < -0.39 is 0 Å². The molecule has 1 saturated carbocycles. The van der Waals surface area contributed by atoms with Gasteiger partial charge in [-0.2, -0.15) is 4.98 Å². The maximum atomic E-state index is 5.46. The molecule has 4 rings (SSSR count). The summed E-state index contributed by atoms with van der Waals surface area (Å²) in [5.74, 6) is 1.54. The molecule has 6 nitrogen and oxygen atoms in total. The average Bonchev–Trinajstić information content (AvgIpc) is 3.39. The van der Waals surface area contributed by atoms with Crippen molar-refractivity contribution in [2.45, 2.75) is 25.8 Å². The highest BCUT2D eigenvalue weighted by Gasteiger charge is 2.22. The van der Waals surface area contributed by atoms with Crippen molar-refractivity contribution in [3.05, 3.63) is 36.0 Å². The Labute approximate surface area is 142 Å². The minimum Gasteiger partial charge on any atom is -0.378 e. The standard InChI is InChI=1S/C18H23N5O/c1-13-12-17(20-14-6-7-14)22-18(19-13)21-15-4-2-3-5-16(15)23-8-10-24-11-9-23/h2-5,12,14H,6-11H2,1H3,(H2,19,20,21,22). The second kappa shape index (κ2) is 6.65. The first kappa shape index (κ1) is 15.2. The Balaban J connectivity index is 1.57. The summed E-state index contributed by atoms with van der Waals surface area (Å²) in [7, 11) is 0. The summed E-state index contributed by atoms with van der Waals surface area (Å²) in [5, 5.41) is 6.84. The fourth-order valence-electron chi connectivity index (χ4n) is 2.92. The molecule has 1 aliphatic heterocycles. The third-order valence-electron chi connectivity index (χ3n) is 4.29. The zero-order valence-corrected chi connectivity index (χ0v) is 14.0. The second-order valence-corrected chi connectivity index (χ2v) is 6.38. The lowest BCUT2D eigenvalue weighted by Crippen LogP contribution is -2.36. The summed E-state index contributed by atoms with van der Waals surface area (Å²) < 4.78 is 5.46. The second-order valence-electron chi connectivity index (χ2n) is 6.38. The number of nitrogens with zero attached hydrogens (tertiary/aromatic N) is 3. The van der Waals surface area contributed by atoms with E-state index in [4.69, 9.17) is 4.74 Å². The summed E-state index contributed by atoms with van der Waals surface area (Å²) in [6.07, 6.45) is 2.46. The van der Waals surface area contributed by atoms with E-state index in [1.54, 1.807) is 0 Å². The van der Waals surface area contributed by atoms with Crippen LogP contribution in [-0.2, 0) is 4.74 Å². The van der Waals surface area contributed by atoms with Crippen LogP contribution in [0.25, 0.3) is 0 Å². The van der Waals surface area contributed by atoms with Crippen molar-refractivity contribution in [3.63, 3.8) is 0 Å². The highest BCUT2D eigenvalue weighted by atomic mass is 16.5. The van der Waals surface area contributed by atoms with Gasteiger partial charge >= 0.3 is 0 Å². The first-order chi connectivity index (χ1) is 11.8. The molecule has 126 valence electrons. The number of morpholine rings is 1. The van der Waals surface area contributed by atoms with Crippen LogP contribution in [0, 0.1) is 6.92 Å². The monoisotopic (exact) mass is 325 g/mol. The van der Waals surface area contributed by atoms with E-state index in [0.29, 0.717) is 12.0 Å². The van der Waals surface area contributed by atoms with Crippen molar-refractivity contribution in [1.29, 1.82) is 0 Å². The molecule has 2 aliphatic rings. The van der Waals surface area contributed by atoms with Gasteiger partial charge in [0.25, 0.3) is 0 Å². The van der Waals surface area contributed by atoms with Gasteiger partial charge in [-0.25, -0.2) is 4.98 Å². The highest BCUT2D eigenvalue weighted by molar-refractivity contribution is 5.73. The zero-order valence-electron chi connectivity index (χ0n) is 14.0. The molecule has 24 heavy (non-hydrogen) atoms. The van der Waals surface area contributed by atoms with Gasteiger partial charge in [0.2, 0.25) is 5.95 Å². The van der Waals surface area contributed by atoms with Crippen molar-refractivity contribution in [2.75, 3.05) is 41.8 Å². The summed E-state index contributed by atoms with van der Waals surface area (Å²) >= 11 is 0. The van der Waals surface area contributed by atoms with Crippen LogP contribution < -0.4 is 15.5 Å². The van der Waals surface area contributed by atoms with Gasteiger partial charge in [-0.3, -0.25) is 0 Å². The number of benzene rings is 1. The smallest absolute Gasteiger partial charge is 0.229 e. The van der Waals surface area contributed by atoms with E-state index in [2.05, 4.69) is 43.7 Å². The summed E-state index contributed by atoms with van der Waals surface area (Å²) in [6.45, 7) is 5.35. The lowest BCUT2D eigenvalue weighted by atomic mass is 10.2. The number of aromatic nitrogens is 2. The minimum absolute atomic E-state index is 0.577. The molecule has 2 heterocycles. The van der Waals surface area contributed by atoms with Gasteiger partial charge in [0.1, 0.15) is 5.82 Å². The number of anilines is 4. The largest absolute Gasteiger partial charge is 0.378 e. The third kappa shape index (κ3) is 3.59. The number of rotatable bonds is 5. The van der Waals surface area contributed by atoms with Crippen LogP contribution in [0.15, 0.2) is 30.3 Å². The SMILES string of the molecule is Cc1cc(NC2CC2)nc(Nc2ccccc2N2CCOCC2)n1. The van der Waals surface area contributed by atoms with Crippen LogP contribution in [0.5, 0.6) is 0 Å². The summed E-state index contributed by atoms with van der Waals surface area (Å²) in [4.78, 5) is 11.5. The highest BCUT2D eigenvalue weighted by Crippen LogP contribution is 2.29. The first-order valence-electron chi connectivity index (χ1n) is 8.59. The Morgan fingerprint density at radius 1 is 1.12 bits per heavy atom. The van der Waals surface area contributed by atoms with Crippen LogP contribution in [0.2, 0.25) is 0 Å². The first-order valence-corrected chi connectivity index (χ1v) is 8.59. The molecule has 0 bridgehead atoms. The lowest BCUT2D eigenvalue weighted by Gasteiger charge is -2.30. The van der Waals surface area contributed by atoms with Crippen molar-refractivity contribution in [1.82, 2.24) is 9.97 Å². The molecule has 1 aliphatic carbocycles. The molecular weight excluding hydrogens is 302 g/mol. The normalized spacial score (nSPS) is 17.6. The fraction of sp³-hybridized carbons (Fsp3) is 0.444. The van der Waals surface area contributed by atoms with Crippen LogP contribution in [0.3, 0.4) is 0 Å². The molecule has 1 saturated heterocycles. The predicted molar refractivity (Wildman–Crippen MR) is 96.2 cm³/mol. The molecule has 2 aromatic rings. The number of aryl methyl sites for hydroxylation is 1. The Morgan fingerprint density at radius 3 is 2.71 bits per heavy atom. The summed E-state index contributed by atoms with van der Waals surface area (Å²) in [5.41, 5.74) is 3.16. The van der Waals surface area contributed by atoms with E-state index in [-0.39, 0.29) is 0 Å². The molecule has 0 radical (unpaired) electrons. The maximum absolute atomic E-state index is 5.46. The molecule has 1 aromatic carbocycles. The van der Waals surface area contributed by atoms with Gasteiger partial charge in [0.05, 0.1) is 24.6 Å². The van der Waals surface area contributed by atoms with E-state index >= 15 is 0 Å². The Bertz CT molecular complexity index is 710. The number of nitrogens with one attached hydrogen (secondary N) is 2. The fourth-order valence-corrected chi connectivity index (χ4v) is 2.92. The van der Waals surface area contributed by atoms with E-state index in [1.165, 1.54) is 18.5 Å². The van der Waals surface area contributed by atoms with Gasteiger partial charge in [0, 0.05) is 30.9 Å². The van der Waals surface area contributed by atoms with E-state index in [9.17, 15) is 0 Å². The number of hydrogen-bond donors (Lipinski definition) is 2. The van der Waals surface area contributed by atoms with Crippen molar-refractivity contribution >= 4 is 23.1 Å². The van der Waals surface area contributed by atoms with Gasteiger partial charge in [0.15, 0.2) is 0 Å². The molecule has 0 atom stereocenters. The van der Waals surface area contributed by atoms with E-state index in [0.717, 1.165) is 43.5 Å². The van der Waals surface area contributed by atoms with Gasteiger partial charge in [-0.05, 0) is 31.9 Å². The molecule has 0 unspecified atom stereocenters. The van der Waals surface area contributed by atoms with Crippen LogP contribution >= 0.6 is 0 Å². The Hall–Kier alpha value is -2.34. The van der Waals surface area contributed by atoms with Crippen LogP contribution in [-0.4, -0.2) is 42.3 Å². The van der Waals surface area contributed by atoms with Crippen molar-refractivity contribution < 1.29 is 4.74 Å². The Morgan fingerprint density at radius 2 is 1.92 bits per heavy atom. The van der Waals surface area contributed by atoms with Gasteiger partial charge < -0.3 is 20.3 Å². The van der Waals surface area contributed by atoms with Gasteiger partial charge in [-0.1, -0.05) is 12.1 Å². The van der Waals surface area contributed by atoms with Crippen molar-refractivity contribution in [2.24, 2.45) is 0 Å². The Kier molecular flexibility index (Phi) is 4.21. The quantitative estimate of drug-likeness (QED) is 0.881. The molecule has 2 N–H and O–H groups in total. The van der Waals surface area contributed by atoms with Crippen LogP contribution in [0.1, 0.15) is 18.5 Å². The lowest BCUT2D eigenvalue weighted by molar-refractivity contribution is 0.123. The molecule has 2 fully saturated rings. The molecule has 6 heteroatoms. The third-order valence-corrected chi connectivity index (χ3v) is 4.29. The number of ether oxygens (including phenoxy) is 1. The zero-order chi connectivity index (χ0) is 16.4. The minimum atomic E-state index is 0.577. The molecule has 0 spiro atoms. The molecule has 1 aromatic heterocycles. The topological polar surface area (TPSA) is 62.3 Å². The number of para-hydroxylation sites is 2. The summed E-state index contributed by atoms with van der Waals surface area (Å²) in [6, 6.07) is 10.9. The van der Waals surface area contributed by atoms with Crippen molar-refractivity contribution in [3.8, 4) is 0 Å². The number of hydrogen-bond acceptors (Lipinski definition) is 6. The average molecular weight is 325 g/mol.